The largest absolute Gasteiger partial charge is 0.351 e. The van der Waals surface area contributed by atoms with Crippen LogP contribution in [0.3, 0.4) is 0 Å². The first-order chi connectivity index (χ1) is 10.3. The zero-order valence-corrected chi connectivity index (χ0v) is 13.3. The van der Waals surface area contributed by atoms with Crippen molar-refractivity contribution in [2.24, 2.45) is 0 Å². The van der Waals surface area contributed by atoms with Crippen molar-refractivity contribution in [2.75, 3.05) is 25.9 Å². The third-order valence-corrected chi connectivity index (χ3v) is 3.90. The van der Waals surface area contributed by atoms with E-state index >= 15 is 0 Å². The number of hydrogen-bond acceptors (Lipinski definition) is 6. The first-order valence-electron chi connectivity index (χ1n) is 6.74. The smallest absolute Gasteiger partial charge is 0.271 e. The van der Waals surface area contributed by atoms with E-state index in [1.54, 1.807) is 0 Å². The van der Waals surface area contributed by atoms with Gasteiger partial charge in [0, 0.05) is 37.0 Å². The average Bonchev–Trinajstić information content (AvgIpc) is 2.45. The molecular formula is C13H19N3O5S. The molecule has 0 aliphatic heterocycles. The second-order valence-corrected chi connectivity index (χ2v) is 6.77. The Hall–Kier alpha value is -2.00. The van der Waals surface area contributed by atoms with E-state index in [1.807, 2.05) is 6.92 Å². The number of carbonyl (C=O) groups excluding carboxylic acids is 1. The van der Waals surface area contributed by atoms with Crippen molar-refractivity contribution in [1.29, 1.82) is 0 Å². The van der Waals surface area contributed by atoms with Crippen molar-refractivity contribution < 1.29 is 18.1 Å². The number of nitrogens with zero attached hydrogens (tertiary/aromatic N) is 1. The van der Waals surface area contributed by atoms with Gasteiger partial charge in [0.1, 0.15) is 0 Å². The summed E-state index contributed by atoms with van der Waals surface area (Å²) >= 11 is 0. The summed E-state index contributed by atoms with van der Waals surface area (Å²) in [6.45, 7) is 3.75. The van der Waals surface area contributed by atoms with Gasteiger partial charge in [0.2, 0.25) is 0 Å². The summed E-state index contributed by atoms with van der Waals surface area (Å²) in [5, 5.41) is 16.5. The molecule has 0 aliphatic carbocycles. The summed E-state index contributed by atoms with van der Waals surface area (Å²) in [6.07, 6.45) is 1.90. The van der Waals surface area contributed by atoms with E-state index in [0.717, 1.165) is 37.4 Å². The van der Waals surface area contributed by atoms with E-state index < -0.39 is 26.4 Å². The van der Waals surface area contributed by atoms with Crippen LogP contribution in [0.2, 0.25) is 0 Å². The molecule has 1 amide bonds. The van der Waals surface area contributed by atoms with Crippen molar-refractivity contribution in [1.82, 2.24) is 10.6 Å². The van der Waals surface area contributed by atoms with E-state index in [2.05, 4.69) is 10.6 Å². The highest BCUT2D eigenvalue weighted by Gasteiger charge is 2.18. The first kappa shape index (κ1) is 18.1. The molecule has 0 saturated carbocycles. The molecule has 0 heterocycles. The monoisotopic (exact) mass is 329 g/mol. The number of carbonyl (C=O) groups is 1. The number of amides is 1. The number of hydrogen-bond donors (Lipinski definition) is 2. The highest BCUT2D eigenvalue weighted by atomic mass is 32.2. The maximum Gasteiger partial charge on any atom is 0.271 e. The quantitative estimate of drug-likeness (QED) is 0.412. The first-order valence-corrected chi connectivity index (χ1v) is 8.63. The molecule has 1 rings (SSSR count). The zero-order valence-electron chi connectivity index (χ0n) is 12.5. The minimum Gasteiger partial charge on any atom is -0.351 e. The zero-order chi connectivity index (χ0) is 16.8. The van der Waals surface area contributed by atoms with Crippen LogP contribution in [0.25, 0.3) is 0 Å². The summed E-state index contributed by atoms with van der Waals surface area (Å²) in [7, 11) is -3.64. The molecule has 0 aliphatic rings. The molecule has 2 N–H and O–H groups in total. The summed E-state index contributed by atoms with van der Waals surface area (Å²) in [5.41, 5.74) is -0.484. The Balaban J connectivity index is 2.91. The minimum absolute atomic E-state index is 0.0508. The fourth-order valence-electron chi connectivity index (χ4n) is 1.70. The molecule has 22 heavy (non-hydrogen) atoms. The molecule has 0 saturated heterocycles. The molecule has 1 aromatic carbocycles. The molecule has 0 unspecified atom stereocenters. The van der Waals surface area contributed by atoms with Gasteiger partial charge in [-0.1, -0.05) is 6.92 Å². The van der Waals surface area contributed by atoms with Crippen LogP contribution in [-0.4, -0.2) is 45.1 Å². The summed E-state index contributed by atoms with van der Waals surface area (Å²) in [5.74, 6) is -0.549. The standard InChI is InChI=1S/C13H19N3O5S/c1-3-4-14-5-6-15-13(17)10-7-11(16(18)19)9-12(8-10)22(2,20)21/h7-9,14H,3-6H2,1-2H3,(H,15,17). The van der Waals surface area contributed by atoms with Crippen molar-refractivity contribution in [3.63, 3.8) is 0 Å². The van der Waals surface area contributed by atoms with Crippen molar-refractivity contribution >= 4 is 21.4 Å². The number of non-ortho nitro benzene ring substituents is 1. The third-order valence-electron chi connectivity index (χ3n) is 2.81. The molecule has 0 spiro atoms. The highest BCUT2D eigenvalue weighted by molar-refractivity contribution is 7.90. The SMILES string of the molecule is CCCNCCNC(=O)c1cc([N+](=O)[O-])cc(S(C)(=O)=O)c1. The van der Waals surface area contributed by atoms with Gasteiger partial charge in [0.15, 0.2) is 9.84 Å². The van der Waals surface area contributed by atoms with Gasteiger partial charge in [-0.05, 0) is 19.0 Å². The van der Waals surface area contributed by atoms with Crippen LogP contribution in [-0.2, 0) is 9.84 Å². The van der Waals surface area contributed by atoms with Gasteiger partial charge in [-0.2, -0.15) is 0 Å². The van der Waals surface area contributed by atoms with Crippen LogP contribution in [0.4, 0.5) is 5.69 Å². The summed E-state index contributed by atoms with van der Waals surface area (Å²) < 4.78 is 23.1. The van der Waals surface area contributed by atoms with Crippen LogP contribution < -0.4 is 10.6 Å². The molecule has 9 heteroatoms. The van der Waals surface area contributed by atoms with Crippen LogP contribution in [0.5, 0.6) is 0 Å². The van der Waals surface area contributed by atoms with Gasteiger partial charge >= 0.3 is 0 Å². The van der Waals surface area contributed by atoms with Gasteiger partial charge in [0.25, 0.3) is 11.6 Å². The summed E-state index contributed by atoms with van der Waals surface area (Å²) in [6, 6.07) is 3.13. The van der Waals surface area contributed by atoms with Crippen LogP contribution in [0.1, 0.15) is 23.7 Å². The van der Waals surface area contributed by atoms with Gasteiger partial charge in [0.05, 0.1) is 9.82 Å². The van der Waals surface area contributed by atoms with Crippen molar-refractivity contribution in [2.45, 2.75) is 18.2 Å². The topological polar surface area (TPSA) is 118 Å². The maximum atomic E-state index is 12.0. The second kappa shape index (κ2) is 7.85. The Morgan fingerprint density at radius 3 is 2.45 bits per heavy atom. The lowest BCUT2D eigenvalue weighted by molar-refractivity contribution is -0.385. The fourth-order valence-corrected chi connectivity index (χ4v) is 2.38. The normalized spacial score (nSPS) is 11.2. The van der Waals surface area contributed by atoms with E-state index in [0.29, 0.717) is 13.1 Å². The van der Waals surface area contributed by atoms with Crippen LogP contribution in [0, 0.1) is 10.1 Å². The fraction of sp³-hybridized carbons (Fsp3) is 0.462. The molecule has 1 aromatic rings. The number of nitro benzene ring substituents is 1. The lowest BCUT2D eigenvalue weighted by Crippen LogP contribution is -2.32. The minimum atomic E-state index is -3.64. The molecule has 0 aromatic heterocycles. The Morgan fingerprint density at radius 2 is 1.91 bits per heavy atom. The van der Waals surface area contributed by atoms with E-state index in [4.69, 9.17) is 0 Å². The molecule has 8 nitrogen and oxygen atoms in total. The average molecular weight is 329 g/mol. The van der Waals surface area contributed by atoms with Gasteiger partial charge in [-0.3, -0.25) is 14.9 Å². The Morgan fingerprint density at radius 1 is 1.23 bits per heavy atom. The van der Waals surface area contributed by atoms with E-state index in [1.165, 1.54) is 0 Å². The van der Waals surface area contributed by atoms with Gasteiger partial charge < -0.3 is 10.6 Å². The Labute approximate surface area is 129 Å². The van der Waals surface area contributed by atoms with E-state index in [-0.39, 0.29) is 10.5 Å². The van der Waals surface area contributed by atoms with Crippen LogP contribution in [0.15, 0.2) is 23.1 Å². The number of rotatable bonds is 8. The molecule has 122 valence electrons. The van der Waals surface area contributed by atoms with Gasteiger partial charge in [-0.25, -0.2) is 8.42 Å². The third kappa shape index (κ3) is 5.41. The lowest BCUT2D eigenvalue weighted by atomic mass is 10.2. The highest BCUT2D eigenvalue weighted by Crippen LogP contribution is 2.20. The lowest BCUT2D eigenvalue weighted by Gasteiger charge is -2.07. The van der Waals surface area contributed by atoms with Crippen molar-refractivity contribution in [3.05, 3.63) is 33.9 Å². The second-order valence-electron chi connectivity index (χ2n) is 4.75. The molecule has 0 radical (unpaired) electrons. The maximum absolute atomic E-state index is 12.0. The predicted octanol–water partition coefficient (Wildman–Crippen LogP) is 0.728. The number of sulfone groups is 1. The molecule has 0 fully saturated rings. The number of nitro groups is 1. The Kier molecular flexibility index (Phi) is 6.44. The molecule has 0 atom stereocenters. The predicted molar refractivity (Wildman–Crippen MR) is 81.7 cm³/mol. The molecular weight excluding hydrogens is 310 g/mol. The van der Waals surface area contributed by atoms with Crippen LogP contribution >= 0.6 is 0 Å². The molecule has 0 bridgehead atoms. The van der Waals surface area contributed by atoms with Gasteiger partial charge in [-0.15, -0.1) is 0 Å². The Bertz CT molecular complexity index is 658. The van der Waals surface area contributed by atoms with E-state index in [9.17, 15) is 23.3 Å². The number of benzene rings is 1. The number of nitrogens with one attached hydrogen (secondary N) is 2. The summed E-state index contributed by atoms with van der Waals surface area (Å²) in [4.78, 5) is 21.8. The van der Waals surface area contributed by atoms with Crippen molar-refractivity contribution in [3.8, 4) is 0 Å².